The van der Waals surface area contributed by atoms with Crippen molar-refractivity contribution in [2.45, 2.75) is 0 Å². The van der Waals surface area contributed by atoms with E-state index in [-0.39, 0.29) is 44.1 Å². The number of aromatic amines is 4. The van der Waals surface area contributed by atoms with Gasteiger partial charge in [0, 0.05) is 43.4 Å². The van der Waals surface area contributed by atoms with Crippen molar-refractivity contribution >= 4 is 78.7 Å². The normalized spacial score (nSPS) is 10.8. The predicted octanol–water partition coefficient (Wildman–Crippen LogP) is 11.0. The van der Waals surface area contributed by atoms with E-state index >= 15 is 0 Å². The SMILES string of the molecule is COc1cc(F)cc(-c2n[nH]c(=O)c3ccoc23)c1.N#Cc1cc(F)cc(-c2n[nH]c(=O)c3ccoc23)c1.O=c1[nH]nc(-c2cc(Cl)cc(Cl)c2)c2occc12.O=c1[nH]nc(-c2cc(F)cc(Cl)c2)c2occc12. The van der Waals surface area contributed by atoms with Gasteiger partial charge in [-0.05, 0) is 91.0 Å². The lowest BCUT2D eigenvalue weighted by molar-refractivity contribution is 0.411. The molecule has 0 unspecified atom stereocenters. The Morgan fingerprint density at radius 1 is 0.459 bits per heavy atom. The van der Waals surface area contributed by atoms with Gasteiger partial charge in [-0.2, -0.15) is 25.7 Å². The molecule has 0 fully saturated rings. The molecule has 368 valence electrons. The minimum atomic E-state index is -0.554. The summed E-state index contributed by atoms with van der Waals surface area (Å²) in [6.07, 6.45) is 5.57. The molecule has 0 bridgehead atoms. The third kappa shape index (κ3) is 10.4. The van der Waals surface area contributed by atoms with E-state index in [1.165, 1.54) is 86.8 Å². The molecular formula is C50H27Cl3F3N9O9. The Bertz CT molecular complexity index is 4210. The minimum Gasteiger partial charge on any atom is -0.497 e. The van der Waals surface area contributed by atoms with E-state index in [1.54, 1.807) is 36.4 Å². The molecule has 0 aliphatic rings. The van der Waals surface area contributed by atoms with Crippen molar-refractivity contribution < 1.29 is 35.6 Å². The van der Waals surface area contributed by atoms with Crippen molar-refractivity contribution in [3.63, 3.8) is 0 Å². The van der Waals surface area contributed by atoms with Crippen molar-refractivity contribution in [1.82, 2.24) is 40.8 Å². The number of nitrogens with one attached hydrogen (secondary N) is 4. The first-order valence-electron chi connectivity index (χ1n) is 21.0. The highest BCUT2D eigenvalue weighted by molar-refractivity contribution is 6.35. The van der Waals surface area contributed by atoms with Gasteiger partial charge >= 0.3 is 0 Å². The van der Waals surface area contributed by atoms with Crippen LogP contribution in [0.15, 0.2) is 159 Å². The summed E-state index contributed by atoms with van der Waals surface area (Å²) in [5.41, 5.74) is 3.53. The molecule has 24 heteroatoms. The molecule has 74 heavy (non-hydrogen) atoms. The molecule has 0 spiro atoms. The molecule has 0 aliphatic carbocycles. The summed E-state index contributed by atoms with van der Waals surface area (Å²) in [6, 6.07) is 25.1. The van der Waals surface area contributed by atoms with Gasteiger partial charge in [-0.1, -0.05) is 34.8 Å². The number of ether oxygens (including phenoxy) is 1. The van der Waals surface area contributed by atoms with Gasteiger partial charge in [-0.15, -0.1) is 0 Å². The fourth-order valence-corrected chi connectivity index (χ4v) is 8.08. The van der Waals surface area contributed by atoms with Crippen molar-refractivity contribution in [2.75, 3.05) is 7.11 Å². The molecule has 12 rings (SSSR count). The second-order valence-corrected chi connectivity index (χ2v) is 16.6. The summed E-state index contributed by atoms with van der Waals surface area (Å²) in [5.74, 6) is -1.13. The molecule has 0 aliphatic heterocycles. The lowest BCUT2D eigenvalue weighted by atomic mass is 10.1. The number of fused-ring (bicyclic) bond motifs is 4. The van der Waals surface area contributed by atoms with E-state index in [0.717, 1.165) is 6.07 Å². The van der Waals surface area contributed by atoms with Gasteiger partial charge in [0.25, 0.3) is 22.2 Å². The van der Waals surface area contributed by atoms with E-state index in [4.69, 9.17) is 62.5 Å². The molecule has 0 atom stereocenters. The maximum Gasteiger partial charge on any atom is 0.275 e. The van der Waals surface area contributed by atoms with Gasteiger partial charge in [0.05, 0.1) is 65.3 Å². The van der Waals surface area contributed by atoms with Crippen LogP contribution in [0.2, 0.25) is 15.1 Å². The van der Waals surface area contributed by atoms with Crippen LogP contribution in [0, 0.1) is 28.8 Å². The topological polar surface area (TPSA) is 269 Å². The molecule has 4 aromatic carbocycles. The molecule has 0 radical (unpaired) electrons. The number of hydrogen-bond donors (Lipinski definition) is 4. The number of furan rings is 4. The number of rotatable bonds is 5. The Labute approximate surface area is 424 Å². The minimum absolute atomic E-state index is 0.169. The van der Waals surface area contributed by atoms with E-state index in [1.807, 2.05) is 6.07 Å². The van der Waals surface area contributed by atoms with Crippen molar-refractivity contribution in [3.8, 4) is 56.8 Å². The molecule has 18 nitrogen and oxygen atoms in total. The van der Waals surface area contributed by atoms with Gasteiger partial charge in [-0.3, -0.25) is 19.2 Å². The fraction of sp³-hybridized carbons (Fsp3) is 0.0200. The van der Waals surface area contributed by atoms with Gasteiger partial charge in [0.1, 0.15) is 46.0 Å². The zero-order chi connectivity index (χ0) is 52.2. The largest absolute Gasteiger partial charge is 0.497 e. The monoisotopic (exact) mass is 1060 g/mol. The average molecular weight is 1060 g/mol. The van der Waals surface area contributed by atoms with Gasteiger partial charge in [0.2, 0.25) is 0 Å². The molecule has 0 saturated heterocycles. The number of H-pyrrole nitrogens is 4. The highest BCUT2D eigenvalue weighted by Crippen LogP contribution is 2.32. The van der Waals surface area contributed by atoms with E-state index < -0.39 is 17.5 Å². The third-order valence-corrected chi connectivity index (χ3v) is 11.2. The smallest absolute Gasteiger partial charge is 0.275 e. The van der Waals surface area contributed by atoms with E-state index in [0.29, 0.717) is 93.4 Å². The Morgan fingerprint density at radius 2 is 0.784 bits per heavy atom. The average Bonchev–Trinajstić information content (AvgIpc) is 4.23. The lowest BCUT2D eigenvalue weighted by Gasteiger charge is -2.05. The van der Waals surface area contributed by atoms with Gasteiger partial charge in [0.15, 0.2) is 22.3 Å². The maximum atomic E-state index is 13.5. The number of hydrogen-bond acceptors (Lipinski definition) is 14. The van der Waals surface area contributed by atoms with Crippen LogP contribution in [-0.2, 0) is 0 Å². The summed E-state index contributed by atoms with van der Waals surface area (Å²) in [4.78, 5) is 46.1. The zero-order valence-corrected chi connectivity index (χ0v) is 39.5. The summed E-state index contributed by atoms with van der Waals surface area (Å²) >= 11 is 17.7. The molecule has 0 amide bonds. The first kappa shape index (κ1) is 49.5. The Balaban J connectivity index is 0.000000121. The zero-order valence-electron chi connectivity index (χ0n) is 37.2. The molecule has 0 saturated carbocycles. The third-order valence-electron chi connectivity index (χ3n) is 10.5. The van der Waals surface area contributed by atoms with Crippen LogP contribution in [0.25, 0.3) is 88.9 Å². The number of aromatic nitrogens is 8. The second-order valence-electron chi connectivity index (χ2n) is 15.3. The van der Waals surface area contributed by atoms with E-state index in [2.05, 4.69) is 40.8 Å². The predicted molar refractivity (Wildman–Crippen MR) is 266 cm³/mol. The number of nitriles is 1. The van der Waals surface area contributed by atoms with Crippen molar-refractivity contribution in [1.29, 1.82) is 5.26 Å². The Hall–Kier alpha value is -9.49. The summed E-state index contributed by atoms with van der Waals surface area (Å²) in [6.45, 7) is 0. The summed E-state index contributed by atoms with van der Waals surface area (Å²) in [7, 11) is 1.45. The van der Waals surface area contributed by atoms with Crippen LogP contribution < -0.4 is 27.0 Å². The van der Waals surface area contributed by atoms with Crippen molar-refractivity contribution in [3.05, 3.63) is 202 Å². The fourth-order valence-electron chi connectivity index (χ4n) is 7.33. The summed E-state index contributed by atoms with van der Waals surface area (Å²) in [5, 5.41) is 36.6. The van der Waals surface area contributed by atoms with Crippen LogP contribution in [0.5, 0.6) is 5.75 Å². The Kier molecular flexibility index (Phi) is 14.1. The number of benzene rings is 4. The Morgan fingerprint density at radius 3 is 1.15 bits per heavy atom. The van der Waals surface area contributed by atoms with Crippen LogP contribution in [0.3, 0.4) is 0 Å². The number of nitrogens with zero attached hydrogens (tertiary/aromatic N) is 5. The van der Waals surface area contributed by atoms with Crippen LogP contribution in [0.1, 0.15) is 5.56 Å². The number of halogens is 6. The second kappa shape index (κ2) is 21.1. The molecular weight excluding hydrogens is 1030 g/mol. The highest BCUT2D eigenvalue weighted by atomic mass is 35.5. The first-order valence-corrected chi connectivity index (χ1v) is 22.1. The quantitative estimate of drug-likeness (QED) is 0.125. The van der Waals surface area contributed by atoms with Gasteiger partial charge in [-0.25, -0.2) is 33.6 Å². The highest BCUT2D eigenvalue weighted by Gasteiger charge is 2.17. The van der Waals surface area contributed by atoms with Crippen LogP contribution in [0.4, 0.5) is 13.2 Å². The molecule has 8 aromatic heterocycles. The standard InChI is InChI=1S/C13H6FN3O2.C13H9FN2O3.C12H6Cl2N2O2.C12H6ClFN2O2/c14-9-4-7(6-15)3-8(5-9)11-12-10(1-2-19-12)13(18)17-16-11;1-18-9-5-7(4-8(14)6-9)11-12-10(2-3-19-12)13(17)16-15-11;2*13-7-3-6(4-8(14)5-7)10-11-9(1-2-18-11)12(17)16-15-10/h1-5H,(H,17,18);2-6H,1H3,(H,16,17);2*1-5H,(H,16,17). The molecule has 8 heterocycles. The maximum absolute atomic E-state index is 13.5. The van der Waals surface area contributed by atoms with Gasteiger partial charge < -0.3 is 22.4 Å². The molecule has 12 aromatic rings. The van der Waals surface area contributed by atoms with Crippen LogP contribution in [-0.4, -0.2) is 47.9 Å². The van der Waals surface area contributed by atoms with Crippen molar-refractivity contribution in [2.24, 2.45) is 0 Å². The summed E-state index contributed by atoms with van der Waals surface area (Å²) < 4.78 is 66.2. The van der Waals surface area contributed by atoms with Crippen LogP contribution >= 0.6 is 34.8 Å². The van der Waals surface area contributed by atoms with E-state index in [9.17, 15) is 32.3 Å². The lowest BCUT2D eigenvalue weighted by Crippen LogP contribution is -2.08. The first-order chi connectivity index (χ1) is 35.7. The number of methoxy groups -OCH3 is 1. The molecule has 4 N–H and O–H groups in total.